The van der Waals surface area contributed by atoms with Gasteiger partial charge >= 0.3 is 0 Å². The van der Waals surface area contributed by atoms with Crippen LogP contribution in [0.4, 0.5) is 5.69 Å². The van der Waals surface area contributed by atoms with E-state index in [0.717, 1.165) is 15.6 Å². The largest absolute Gasteiger partial charge is 0.300 e. The molecule has 0 spiro atoms. The Morgan fingerprint density at radius 3 is 2.75 bits per heavy atom. The first kappa shape index (κ1) is 13.0. The highest BCUT2D eigenvalue weighted by Gasteiger charge is 2.35. The molecule has 0 unspecified atom stereocenters. The number of amides is 1. The van der Waals surface area contributed by atoms with Crippen molar-refractivity contribution in [2.24, 2.45) is 0 Å². The molecule has 1 amide bonds. The van der Waals surface area contributed by atoms with Gasteiger partial charge in [-0.1, -0.05) is 11.6 Å². The van der Waals surface area contributed by atoms with E-state index >= 15 is 0 Å². The number of rotatable bonds is 2. The number of hydrogen-bond acceptors (Lipinski definition) is 3. The van der Waals surface area contributed by atoms with E-state index in [4.69, 9.17) is 0 Å². The number of carbonyl (C=O) groups excluding carboxylic acids is 2. The van der Waals surface area contributed by atoms with Crippen LogP contribution in [-0.2, 0) is 11.3 Å². The fourth-order valence-electron chi connectivity index (χ4n) is 2.30. The Labute approximate surface area is 124 Å². The van der Waals surface area contributed by atoms with Crippen molar-refractivity contribution in [3.8, 4) is 0 Å². The summed E-state index contributed by atoms with van der Waals surface area (Å²) in [6.45, 7) is 2.24. The van der Waals surface area contributed by atoms with Gasteiger partial charge in [0.15, 0.2) is 0 Å². The predicted molar refractivity (Wildman–Crippen MR) is 78.6 cm³/mol. The summed E-state index contributed by atoms with van der Waals surface area (Å²) in [5.41, 5.74) is 2.99. The van der Waals surface area contributed by atoms with Gasteiger partial charge in [-0.15, -0.1) is 0 Å². The lowest BCUT2D eigenvalue weighted by Crippen LogP contribution is -2.29. The molecule has 1 aromatic carbocycles. The summed E-state index contributed by atoms with van der Waals surface area (Å²) in [6, 6.07) is 7.36. The highest BCUT2D eigenvalue weighted by molar-refractivity contribution is 9.10. The van der Waals surface area contributed by atoms with Crippen molar-refractivity contribution in [2.45, 2.75) is 13.5 Å². The summed E-state index contributed by atoms with van der Waals surface area (Å²) in [7, 11) is 0. The van der Waals surface area contributed by atoms with Crippen LogP contribution in [-0.4, -0.2) is 16.7 Å². The lowest BCUT2D eigenvalue weighted by atomic mass is 10.1. The molecule has 1 aliphatic heterocycles. The zero-order chi connectivity index (χ0) is 14.3. The van der Waals surface area contributed by atoms with Crippen LogP contribution >= 0.6 is 15.9 Å². The molecule has 0 N–H and O–H groups in total. The van der Waals surface area contributed by atoms with Gasteiger partial charge in [-0.2, -0.15) is 0 Å². The van der Waals surface area contributed by atoms with E-state index in [1.807, 2.05) is 25.1 Å². The summed E-state index contributed by atoms with van der Waals surface area (Å²) in [5, 5.41) is 0. The molecule has 2 aromatic rings. The van der Waals surface area contributed by atoms with Crippen LogP contribution in [0.25, 0.3) is 0 Å². The minimum absolute atomic E-state index is 0.340. The molecular formula is C15H11BrN2O2. The van der Waals surface area contributed by atoms with E-state index in [9.17, 15) is 9.59 Å². The van der Waals surface area contributed by atoms with Gasteiger partial charge in [0.2, 0.25) is 0 Å². The van der Waals surface area contributed by atoms with Crippen LogP contribution in [0.5, 0.6) is 0 Å². The summed E-state index contributed by atoms with van der Waals surface area (Å²) in [6.07, 6.45) is 3.37. The van der Waals surface area contributed by atoms with Gasteiger partial charge in [-0.25, -0.2) is 0 Å². The number of halogens is 1. The van der Waals surface area contributed by atoms with E-state index in [1.54, 1.807) is 18.5 Å². The lowest BCUT2D eigenvalue weighted by molar-refractivity contribution is -0.114. The Bertz CT molecular complexity index is 728. The molecule has 0 bridgehead atoms. The average Bonchev–Trinajstić information content (AvgIpc) is 2.64. The minimum Gasteiger partial charge on any atom is -0.300 e. The second-order valence-corrected chi connectivity index (χ2v) is 5.67. The third-order valence-electron chi connectivity index (χ3n) is 3.23. The van der Waals surface area contributed by atoms with Gasteiger partial charge in [0.05, 0.1) is 17.8 Å². The smallest absolute Gasteiger partial charge is 0.299 e. The molecule has 3 rings (SSSR count). The number of Topliss-reactive ketones (excluding diaryl/α,β-unsaturated/α-hetero) is 1. The average molecular weight is 331 g/mol. The number of nitrogens with zero attached hydrogens (tertiary/aromatic N) is 2. The van der Waals surface area contributed by atoms with E-state index in [2.05, 4.69) is 20.9 Å². The summed E-state index contributed by atoms with van der Waals surface area (Å²) >= 11 is 3.35. The first-order chi connectivity index (χ1) is 9.56. The Morgan fingerprint density at radius 1 is 1.20 bits per heavy atom. The number of aryl methyl sites for hydroxylation is 1. The molecule has 1 aliphatic rings. The van der Waals surface area contributed by atoms with Gasteiger partial charge in [-0.3, -0.25) is 14.6 Å². The Balaban J connectivity index is 1.99. The molecule has 4 nitrogen and oxygen atoms in total. The number of hydrogen-bond donors (Lipinski definition) is 0. The van der Waals surface area contributed by atoms with Crippen LogP contribution in [0, 0.1) is 6.92 Å². The number of carbonyl (C=O) groups is 2. The van der Waals surface area contributed by atoms with E-state index in [-0.39, 0.29) is 0 Å². The van der Waals surface area contributed by atoms with Crippen LogP contribution in [0.1, 0.15) is 21.5 Å². The molecule has 0 saturated heterocycles. The Morgan fingerprint density at radius 2 is 2.00 bits per heavy atom. The molecule has 0 saturated carbocycles. The SMILES string of the molecule is Cc1ccc2c(c1)C(=O)C(=O)N2Cc1cncc(Br)c1. The fourth-order valence-corrected chi connectivity index (χ4v) is 2.71. The zero-order valence-electron chi connectivity index (χ0n) is 10.8. The second-order valence-electron chi connectivity index (χ2n) is 4.75. The molecule has 0 atom stereocenters. The molecule has 0 aliphatic carbocycles. The zero-order valence-corrected chi connectivity index (χ0v) is 12.3. The van der Waals surface area contributed by atoms with Crippen LogP contribution in [0.15, 0.2) is 41.1 Å². The first-order valence-corrected chi connectivity index (χ1v) is 6.92. The Kier molecular flexibility index (Phi) is 3.14. The van der Waals surface area contributed by atoms with Gasteiger partial charge in [-0.05, 0) is 46.6 Å². The topological polar surface area (TPSA) is 50.3 Å². The molecular weight excluding hydrogens is 320 g/mol. The van der Waals surface area contributed by atoms with Crippen molar-refractivity contribution in [1.29, 1.82) is 0 Å². The van der Waals surface area contributed by atoms with Gasteiger partial charge in [0.1, 0.15) is 0 Å². The maximum atomic E-state index is 12.1. The summed E-state index contributed by atoms with van der Waals surface area (Å²) in [5.74, 6) is -0.919. The predicted octanol–water partition coefficient (Wildman–Crippen LogP) is 2.88. The van der Waals surface area contributed by atoms with E-state index in [0.29, 0.717) is 17.8 Å². The number of aromatic nitrogens is 1. The molecule has 20 heavy (non-hydrogen) atoms. The summed E-state index contributed by atoms with van der Waals surface area (Å²) < 4.78 is 0.845. The highest BCUT2D eigenvalue weighted by atomic mass is 79.9. The van der Waals surface area contributed by atoms with Crippen LogP contribution in [0.2, 0.25) is 0 Å². The molecule has 0 radical (unpaired) electrons. The fraction of sp³-hybridized carbons (Fsp3) is 0.133. The van der Waals surface area contributed by atoms with Crippen LogP contribution < -0.4 is 4.90 Å². The number of fused-ring (bicyclic) bond motifs is 1. The maximum absolute atomic E-state index is 12.1. The molecule has 5 heteroatoms. The number of anilines is 1. The van der Waals surface area contributed by atoms with Crippen molar-refractivity contribution < 1.29 is 9.59 Å². The third-order valence-corrected chi connectivity index (χ3v) is 3.66. The number of ketones is 1. The molecule has 1 aromatic heterocycles. The maximum Gasteiger partial charge on any atom is 0.299 e. The quantitative estimate of drug-likeness (QED) is 0.795. The minimum atomic E-state index is -0.481. The van der Waals surface area contributed by atoms with Crippen LogP contribution in [0.3, 0.4) is 0 Å². The first-order valence-electron chi connectivity index (χ1n) is 6.12. The molecule has 100 valence electrons. The van der Waals surface area contributed by atoms with Crippen molar-refractivity contribution >= 4 is 33.3 Å². The second kappa shape index (κ2) is 4.83. The van der Waals surface area contributed by atoms with Crippen molar-refractivity contribution in [3.63, 3.8) is 0 Å². The van der Waals surface area contributed by atoms with Gasteiger partial charge in [0, 0.05) is 16.9 Å². The van der Waals surface area contributed by atoms with Crippen molar-refractivity contribution in [3.05, 3.63) is 57.8 Å². The third kappa shape index (κ3) is 2.14. The normalized spacial score (nSPS) is 13.8. The monoisotopic (exact) mass is 330 g/mol. The number of pyridine rings is 1. The Hall–Kier alpha value is -2.01. The molecule has 2 heterocycles. The molecule has 0 fully saturated rings. The van der Waals surface area contributed by atoms with Gasteiger partial charge < -0.3 is 4.90 Å². The van der Waals surface area contributed by atoms with E-state index < -0.39 is 11.7 Å². The number of benzene rings is 1. The lowest BCUT2D eigenvalue weighted by Gasteiger charge is -2.16. The van der Waals surface area contributed by atoms with Crippen molar-refractivity contribution in [1.82, 2.24) is 4.98 Å². The van der Waals surface area contributed by atoms with Crippen molar-refractivity contribution in [2.75, 3.05) is 4.90 Å². The standard InChI is InChI=1S/C15H11BrN2O2/c1-9-2-3-13-12(4-9)14(19)15(20)18(13)8-10-5-11(16)7-17-6-10/h2-7H,8H2,1H3. The highest BCUT2D eigenvalue weighted by Crippen LogP contribution is 2.31. The van der Waals surface area contributed by atoms with Gasteiger partial charge in [0.25, 0.3) is 11.7 Å². The summed E-state index contributed by atoms with van der Waals surface area (Å²) in [4.78, 5) is 29.7. The van der Waals surface area contributed by atoms with E-state index in [1.165, 1.54) is 4.90 Å².